The minimum Gasteiger partial charge on any atom is -0.396 e. The Morgan fingerprint density at radius 2 is 2.08 bits per heavy atom. The lowest BCUT2D eigenvalue weighted by atomic mass is 9.94. The van der Waals surface area contributed by atoms with Gasteiger partial charge in [0.05, 0.1) is 11.2 Å². The second kappa shape index (κ2) is 7.84. The Bertz CT molecular complexity index is 765. The van der Waals surface area contributed by atoms with Gasteiger partial charge in [-0.05, 0) is 44.4 Å². The molecule has 0 aliphatic carbocycles. The normalized spacial score (nSPS) is 19.0. The zero-order chi connectivity index (χ0) is 18.7. The van der Waals surface area contributed by atoms with Gasteiger partial charge in [0.2, 0.25) is 5.95 Å². The first-order valence-corrected chi connectivity index (χ1v) is 9.41. The lowest BCUT2D eigenvalue weighted by Crippen LogP contribution is -2.39. The first-order chi connectivity index (χ1) is 12.4. The van der Waals surface area contributed by atoms with Gasteiger partial charge in [-0.25, -0.2) is 14.4 Å². The van der Waals surface area contributed by atoms with Crippen molar-refractivity contribution in [2.75, 3.05) is 31.1 Å². The molecule has 1 unspecified atom stereocenters. The van der Waals surface area contributed by atoms with Gasteiger partial charge in [-0.2, -0.15) is 0 Å². The standard InChI is InChI=1S/C20H29FN4O/c1-14-17-11-15(21)6-7-18(17)24-19(23-14)25-9-4-5-16(8-10-25)22-12-20(2,3)13-26/h6-7,11,16,22,26H,4-5,8-10,12-13H2,1-3H3. The number of rotatable bonds is 5. The number of hydrogen-bond donors (Lipinski definition) is 2. The second-order valence-corrected chi connectivity index (χ2v) is 8.09. The van der Waals surface area contributed by atoms with Gasteiger partial charge in [-0.15, -0.1) is 0 Å². The average molecular weight is 360 g/mol. The molecule has 1 saturated heterocycles. The van der Waals surface area contributed by atoms with Crippen molar-refractivity contribution in [1.29, 1.82) is 0 Å². The molecule has 3 rings (SSSR count). The van der Waals surface area contributed by atoms with Crippen LogP contribution in [0.25, 0.3) is 10.9 Å². The van der Waals surface area contributed by atoms with Crippen molar-refractivity contribution in [3.63, 3.8) is 0 Å². The van der Waals surface area contributed by atoms with Crippen molar-refractivity contribution >= 4 is 16.9 Å². The second-order valence-electron chi connectivity index (χ2n) is 8.09. The number of nitrogens with one attached hydrogen (secondary N) is 1. The van der Waals surface area contributed by atoms with Crippen molar-refractivity contribution < 1.29 is 9.50 Å². The molecule has 0 radical (unpaired) electrons. The molecule has 0 amide bonds. The molecule has 6 heteroatoms. The Hall–Kier alpha value is -1.79. The van der Waals surface area contributed by atoms with Crippen LogP contribution in [0.5, 0.6) is 0 Å². The Morgan fingerprint density at radius 1 is 1.27 bits per heavy atom. The van der Waals surface area contributed by atoms with Crippen LogP contribution in [-0.2, 0) is 0 Å². The monoisotopic (exact) mass is 360 g/mol. The van der Waals surface area contributed by atoms with Crippen molar-refractivity contribution in [2.45, 2.75) is 46.1 Å². The summed E-state index contributed by atoms with van der Waals surface area (Å²) in [6.45, 7) is 8.85. The fraction of sp³-hybridized carbons (Fsp3) is 0.600. The van der Waals surface area contributed by atoms with Gasteiger partial charge in [-0.1, -0.05) is 13.8 Å². The number of aryl methyl sites for hydroxylation is 1. The van der Waals surface area contributed by atoms with E-state index in [0.29, 0.717) is 6.04 Å². The van der Waals surface area contributed by atoms with Crippen LogP contribution in [0.15, 0.2) is 18.2 Å². The van der Waals surface area contributed by atoms with Crippen LogP contribution >= 0.6 is 0 Å². The smallest absolute Gasteiger partial charge is 0.226 e. The van der Waals surface area contributed by atoms with Crippen LogP contribution in [0.4, 0.5) is 10.3 Å². The number of nitrogens with zero attached hydrogens (tertiary/aromatic N) is 3. The fourth-order valence-corrected chi connectivity index (χ4v) is 3.36. The van der Waals surface area contributed by atoms with Gasteiger partial charge in [0.25, 0.3) is 0 Å². The predicted molar refractivity (Wildman–Crippen MR) is 103 cm³/mol. The Kier molecular flexibility index (Phi) is 5.73. The highest BCUT2D eigenvalue weighted by Crippen LogP contribution is 2.23. The molecule has 2 N–H and O–H groups in total. The van der Waals surface area contributed by atoms with E-state index in [1.54, 1.807) is 6.07 Å². The van der Waals surface area contributed by atoms with Crippen LogP contribution in [0, 0.1) is 18.2 Å². The summed E-state index contributed by atoms with van der Waals surface area (Å²) in [7, 11) is 0. The van der Waals surface area contributed by atoms with E-state index < -0.39 is 0 Å². The van der Waals surface area contributed by atoms with Crippen LogP contribution in [-0.4, -0.2) is 47.4 Å². The third-order valence-electron chi connectivity index (χ3n) is 5.14. The SMILES string of the molecule is Cc1nc(N2CCCC(NCC(C)(C)CO)CC2)nc2ccc(F)cc12. The molecule has 1 aliphatic rings. The minimum atomic E-state index is -0.258. The van der Waals surface area contributed by atoms with E-state index in [4.69, 9.17) is 0 Å². The van der Waals surface area contributed by atoms with E-state index in [9.17, 15) is 9.50 Å². The first-order valence-electron chi connectivity index (χ1n) is 9.41. The molecule has 5 nitrogen and oxygen atoms in total. The van der Waals surface area contributed by atoms with Gasteiger partial charge < -0.3 is 15.3 Å². The molecule has 1 fully saturated rings. The molecule has 26 heavy (non-hydrogen) atoms. The maximum atomic E-state index is 13.5. The molecule has 1 aliphatic heterocycles. The third-order valence-corrected chi connectivity index (χ3v) is 5.14. The minimum absolute atomic E-state index is 0.0974. The molecule has 1 aromatic heterocycles. The molecule has 2 aromatic rings. The topological polar surface area (TPSA) is 61.3 Å². The summed E-state index contributed by atoms with van der Waals surface area (Å²) in [5, 5.41) is 13.8. The van der Waals surface area contributed by atoms with Crippen LogP contribution in [0.3, 0.4) is 0 Å². The van der Waals surface area contributed by atoms with Crippen LogP contribution in [0.2, 0.25) is 0 Å². The number of hydrogen-bond acceptors (Lipinski definition) is 5. The zero-order valence-corrected chi connectivity index (χ0v) is 15.9. The molecule has 1 atom stereocenters. The molecule has 0 bridgehead atoms. The summed E-state index contributed by atoms with van der Waals surface area (Å²) in [5.41, 5.74) is 1.51. The predicted octanol–water partition coefficient (Wildman–Crippen LogP) is 3.04. The van der Waals surface area contributed by atoms with Gasteiger partial charge in [0, 0.05) is 43.1 Å². The number of aliphatic hydroxyl groups excluding tert-OH is 1. The summed E-state index contributed by atoms with van der Waals surface area (Å²) in [5.74, 6) is 0.476. The van der Waals surface area contributed by atoms with E-state index in [1.165, 1.54) is 12.1 Å². The molecular weight excluding hydrogens is 331 g/mol. The number of aliphatic hydroxyl groups is 1. The molecule has 1 aromatic carbocycles. The molecular formula is C20H29FN4O. The van der Waals surface area contributed by atoms with Crippen LogP contribution in [0.1, 0.15) is 38.8 Å². The quantitative estimate of drug-likeness (QED) is 0.858. The summed E-state index contributed by atoms with van der Waals surface area (Å²) in [4.78, 5) is 11.5. The largest absolute Gasteiger partial charge is 0.396 e. The summed E-state index contributed by atoms with van der Waals surface area (Å²) in [6.07, 6.45) is 3.20. The number of benzene rings is 1. The maximum Gasteiger partial charge on any atom is 0.226 e. The highest BCUT2D eigenvalue weighted by Gasteiger charge is 2.22. The summed E-state index contributed by atoms with van der Waals surface area (Å²) in [6, 6.07) is 5.12. The number of aromatic nitrogens is 2. The Morgan fingerprint density at radius 3 is 2.85 bits per heavy atom. The van der Waals surface area contributed by atoms with E-state index in [-0.39, 0.29) is 17.8 Å². The summed E-state index contributed by atoms with van der Waals surface area (Å²) < 4.78 is 13.5. The Balaban J connectivity index is 1.69. The van der Waals surface area contributed by atoms with Gasteiger partial charge in [0.1, 0.15) is 5.82 Å². The van der Waals surface area contributed by atoms with Crippen LogP contribution < -0.4 is 10.2 Å². The van der Waals surface area contributed by atoms with Gasteiger partial charge in [-0.3, -0.25) is 0 Å². The van der Waals surface area contributed by atoms with Crippen molar-refractivity contribution in [3.05, 3.63) is 29.7 Å². The Labute approximate surface area is 154 Å². The lowest BCUT2D eigenvalue weighted by Gasteiger charge is -2.26. The highest BCUT2D eigenvalue weighted by atomic mass is 19.1. The van der Waals surface area contributed by atoms with E-state index in [2.05, 4.69) is 34.0 Å². The number of anilines is 1. The lowest BCUT2D eigenvalue weighted by molar-refractivity contribution is 0.152. The van der Waals surface area contributed by atoms with Crippen molar-refractivity contribution in [3.8, 4) is 0 Å². The van der Waals surface area contributed by atoms with Gasteiger partial charge in [0.15, 0.2) is 0 Å². The molecule has 142 valence electrons. The maximum absolute atomic E-state index is 13.5. The van der Waals surface area contributed by atoms with E-state index in [1.807, 2.05) is 6.92 Å². The molecule has 2 heterocycles. The molecule has 0 spiro atoms. The van der Waals surface area contributed by atoms with Crippen molar-refractivity contribution in [2.24, 2.45) is 5.41 Å². The van der Waals surface area contributed by atoms with E-state index >= 15 is 0 Å². The fourth-order valence-electron chi connectivity index (χ4n) is 3.36. The van der Waals surface area contributed by atoms with E-state index in [0.717, 1.165) is 61.4 Å². The summed E-state index contributed by atoms with van der Waals surface area (Å²) >= 11 is 0. The zero-order valence-electron chi connectivity index (χ0n) is 15.9. The highest BCUT2D eigenvalue weighted by molar-refractivity contribution is 5.81. The van der Waals surface area contributed by atoms with Gasteiger partial charge >= 0.3 is 0 Å². The number of halogens is 1. The average Bonchev–Trinajstić information content (AvgIpc) is 2.86. The first kappa shape index (κ1) is 19.0. The third kappa shape index (κ3) is 4.48. The van der Waals surface area contributed by atoms with Crippen molar-refractivity contribution in [1.82, 2.24) is 15.3 Å². The molecule has 0 saturated carbocycles. The number of fused-ring (bicyclic) bond motifs is 1.